The molecule has 1 aliphatic rings. The molecule has 1 N–H and O–H groups in total. The van der Waals surface area contributed by atoms with Crippen molar-refractivity contribution in [2.45, 2.75) is 17.5 Å². The maximum Gasteiger partial charge on any atom is 0.257 e. The molecule has 3 aromatic rings. The van der Waals surface area contributed by atoms with Crippen LogP contribution >= 0.6 is 23.5 Å². The van der Waals surface area contributed by atoms with Gasteiger partial charge in [-0.2, -0.15) is 0 Å². The largest absolute Gasteiger partial charge is 0.483 e. The zero-order valence-electron chi connectivity index (χ0n) is 15.5. The second-order valence-electron chi connectivity index (χ2n) is 6.53. The van der Waals surface area contributed by atoms with E-state index >= 15 is 0 Å². The van der Waals surface area contributed by atoms with Crippen molar-refractivity contribution in [2.75, 3.05) is 24.7 Å². The molecule has 2 aromatic carbocycles. The van der Waals surface area contributed by atoms with E-state index in [2.05, 4.69) is 27.0 Å². The van der Waals surface area contributed by atoms with Crippen molar-refractivity contribution in [3.63, 3.8) is 0 Å². The van der Waals surface area contributed by atoms with Crippen LogP contribution in [0.3, 0.4) is 0 Å². The number of aromatic nitrogens is 2. The highest BCUT2D eigenvalue weighted by Gasteiger charge is 2.21. The zero-order valence-corrected chi connectivity index (χ0v) is 17.2. The van der Waals surface area contributed by atoms with Crippen LogP contribution in [0.1, 0.15) is 16.6 Å². The molecule has 0 aliphatic carbocycles. The number of carbonyl (C=O) groups is 1. The van der Waals surface area contributed by atoms with Gasteiger partial charge < -0.3 is 14.6 Å². The van der Waals surface area contributed by atoms with E-state index in [0.717, 1.165) is 41.3 Å². The molecular weight excluding hydrogens is 390 g/mol. The van der Waals surface area contributed by atoms with Crippen LogP contribution < -0.4 is 10.1 Å². The van der Waals surface area contributed by atoms with Crippen molar-refractivity contribution in [1.82, 2.24) is 14.9 Å². The van der Waals surface area contributed by atoms with E-state index in [-0.39, 0.29) is 12.5 Å². The second kappa shape index (κ2) is 9.39. The number of hydrogen-bond donors (Lipinski definition) is 1. The number of nitrogens with zero attached hydrogens (tertiary/aromatic N) is 2. The van der Waals surface area contributed by atoms with Gasteiger partial charge in [0.25, 0.3) is 5.91 Å². The molecule has 2 heterocycles. The molecule has 1 aliphatic heterocycles. The number of para-hydroxylation sites is 3. The van der Waals surface area contributed by atoms with Gasteiger partial charge in [-0.25, -0.2) is 4.98 Å². The summed E-state index contributed by atoms with van der Waals surface area (Å²) >= 11 is 3.87. The van der Waals surface area contributed by atoms with Crippen LogP contribution in [0.5, 0.6) is 5.75 Å². The summed E-state index contributed by atoms with van der Waals surface area (Å²) in [5.41, 5.74) is 3.29. The highest BCUT2D eigenvalue weighted by Crippen LogP contribution is 2.48. The van der Waals surface area contributed by atoms with Crippen molar-refractivity contribution >= 4 is 40.5 Å². The van der Waals surface area contributed by atoms with Gasteiger partial charge >= 0.3 is 0 Å². The summed E-state index contributed by atoms with van der Waals surface area (Å²) in [5, 5.41) is 2.94. The molecule has 5 nitrogen and oxygen atoms in total. The number of fused-ring (bicyclic) bond motifs is 1. The molecular formula is C21H23N3O2S2. The Hall–Kier alpha value is -2.12. The Bertz CT molecular complexity index is 938. The lowest BCUT2D eigenvalue weighted by Gasteiger charge is -2.15. The Labute approximate surface area is 173 Å². The molecule has 0 unspecified atom stereocenters. The fraction of sp³-hybridized carbons (Fsp3) is 0.333. The van der Waals surface area contributed by atoms with Crippen LogP contribution in [0.4, 0.5) is 0 Å². The van der Waals surface area contributed by atoms with Crippen LogP contribution in [-0.2, 0) is 11.3 Å². The minimum Gasteiger partial charge on any atom is -0.483 e. The summed E-state index contributed by atoms with van der Waals surface area (Å²) in [4.78, 5) is 16.5. The lowest BCUT2D eigenvalue weighted by atomic mass is 10.2. The first kappa shape index (κ1) is 19.2. The number of ether oxygens (including phenoxy) is 1. The fourth-order valence-electron chi connectivity index (χ4n) is 3.20. The predicted molar refractivity (Wildman–Crippen MR) is 117 cm³/mol. The molecule has 1 amide bonds. The van der Waals surface area contributed by atoms with Crippen LogP contribution in [0.2, 0.25) is 0 Å². The maximum absolute atomic E-state index is 12.2. The first-order valence-electron chi connectivity index (χ1n) is 9.43. The van der Waals surface area contributed by atoms with Gasteiger partial charge in [0, 0.05) is 30.2 Å². The van der Waals surface area contributed by atoms with Gasteiger partial charge in [-0.1, -0.05) is 30.3 Å². The molecule has 7 heteroatoms. The quantitative estimate of drug-likeness (QED) is 0.564. The minimum absolute atomic E-state index is 0.0487. The summed E-state index contributed by atoms with van der Waals surface area (Å²) in [6, 6.07) is 16.1. The molecule has 0 bridgehead atoms. The number of thioether (sulfide) groups is 2. The third kappa shape index (κ3) is 4.64. The Morgan fingerprint density at radius 3 is 2.82 bits per heavy atom. The molecule has 146 valence electrons. The second-order valence-corrected chi connectivity index (χ2v) is 9.25. The molecule has 1 fully saturated rings. The third-order valence-electron chi connectivity index (χ3n) is 4.58. The number of benzene rings is 2. The number of aryl methyl sites for hydroxylation is 1. The Morgan fingerprint density at radius 2 is 1.93 bits per heavy atom. The summed E-state index contributed by atoms with van der Waals surface area (Å²) in [6.07, 6.45) is 2.70. The smallest absolute Gasteiger partial charge is 0.257 e. The lowest BCUT2D eigenvalue weighted by Crippen LogP contribution is -2.30. The first-order chi connectivity index (χ1) is 13.8. The first-order valence-corrected chi connectivity index (χ1v) is 11.5. The number of imidazole rings is 1. The standard InChI is InChI=1S/C21H23N3O2S2/c25-20(14-26-19-9-4-1-6-16(19)21-27-12-13-28-21)22-10-5-11-24-15-23-17-7-2-3-8-18(17)24/h1-4,6-9,15,21H,5,10-14H2,(H,22,25). The summed E-state index contributed by atoms with van der Waals surface area (Å²) in [5.74, 6) is 3.05. The third-order valence-corrected chi connectivity index (χ3v) is 7.65. The number of nitrogens with one attached hydrogen (secondary N) is 1. The van der Waals surface area contributed by atoms with E-state index in [1.54, 1.807) is 0 Å². The number of carbonyl (C=O) groups excluding carboxylic acids is 1. The SMILES string of the molecule is O=C(COc1ccccc1C1SCCS1)NCCCn1cnc2ccccc21. The van der Waals surface area contributed by atoms with E-state index < -0.39 is 0 Å². The van der Waals surface area contributed by atoms with Crippen molar-refractivity contribution in [2.24, 2.45) is 0 Å². The highest BCUT2D eigenvalue weighted by molar-refractivity contribution is 8.19. The van der Waals surface area contributed by atoms with Gasteiger partial charge in [-0.05, 0) is 24.6 Å². The molecule has 0 saturated carbocycles. The summed E-state index contributed by atoms with van der Waals surface area (Å²) in [6.45, 7) is 1.48. The van der Waals surface area contributed by atoms with Crippen LogP contribution in [-0.4, -0.2) is 40.1 Å². The fourth-order valence-corrected chi connectivity index (χ4v) is 6.11. The van der Waals surface area contributed by atoms with E-state index in [0.29, 0.717) is 11.1 Å². The molecule has 0 radical (unpaired) electrons. The van der Waals surface area contributed by atoms with Crippen molar-refractivity contribution < 1.29 is 9.53 Å². The predicted octanol–water partition coefficient (Wildman–Crippen LogP) is 4.10. The number of amides is 1. The summed E-state index contributed by atoms with van der Waals surface area (Å²) < 4.78 is 8.34. The van der Waals surface area contributed by atoms with E-state index in [1.807, 2.05) is 66.2 Å². The van der Waals surface area contributed by atoms with Gasteiger partial charge in [0.15, 0.2) is 6.61 Å². The minimum atomic E-state index is -0.0861. The average Bonchev–Trinajstić information content (AvgIpc) is 3.40. The van der Waals surface area contributed by atoms with Gasteiger partial charge in [-0.3, -0.25) is 4.79 Å². The van der Waals surface area contributed by atoms with Crippen LogP contribution in [0.25, 0.3) is 11.0 Å². The zero-order chi connectivity index (χ0) is 19.2. The van der Waals surface area contributed by atoms with Crippen molar-refractivity contribution in [3.05, 3.63) is 60.4 Å². The van der Waals surface area contributed by atoms with Gasteiger partial charge in [0.1, 0.15) is 5.75 Å². The van der Waals surface area contributed by atoms with E-state index in [1.165, 1.54) is 5.56 Å². The average molecular weight is 414 g/mol. The molecule has 1 saturated heterocycles. The van der Waals surface area contributed by atoms with Crippen LogP contribution in [0.15, 0.2) is 54.9 Å². The van der Waals surface area contributed by atoms with Crippen molar-refractivity contribution in [1.29, 1.82) is 0 Å². The summed E-state index contributed by atoms with van der Waals surface area (Å²) in [7, 11) is 0. The molecule has 0 atom stereocenters. The highest BCUT2D eigenvalue weighted by atomic mass is 32.2. The molecule has 28 heavy (non-hydrogen) atoms. The Balaban J connectivity index is 1.22. The van der Waals surface area contributed by atoms with E-state index in [9.17, 15) is 4.79 Å². The molecule has 4 rings (SSSR count). The van der Waals surface area contributed by atoms with Crippen molar-refractivity contribution in [3.8, 4) is 5.75 Å². The Morgan fingerprint density at radius 1 is 1.14 bits per heavy atom. The van der Waals surface area contributed by atoms with Gasteiger partial charge in [-0.15, -0.1) is 23.5 Å². The maximum atomic E-state index is 12.2. The van der Waals surface area contributed by atoms with Gasteiger partial charge in [0.05, 0.1) is 21.9 Å². The van der Waals surface area contributed by atoms with Gasteiger partial charge in [0.2, 0.25) is 0 Å². The lowest BCUT2D eigenvalue weighted by molar-refractivity contribution is -0.123. The van der Waals surface area contributed by atoms with E-state index in [4.69, 9.17) is 4.74 Å². The topological polar surface area (TPSA) is 56.1 Å². The monoisotopic (exact) mass is 413 g/mol. The number of hydrogen-bond acceptors (Lipinski definition) is 5. The Kier molecular flexibility index (Phi) is 6.44. The normalized spacial score (nSPS) is 14.4. The van der Waals surface area contributed by atoms with Crippen LogP contribution in [0, 0.1) is 0 Å². The number of rotatable bonds is 8. The molecule has 1 aromatic heterocycles. The molecule has 0 spiro atoms.